The summed E-state index contributed by atoms with van der Waals surface area (Å²) in [7, 11) is 0. The van der Waals surface area contributed by atoms with Gasteiger partial charge >= 0.3 is 5.69 Å². The summed E-state index contributed by atoms with van der Waals surface area (Å²) in [4.78, 5) is 27.5. The number of hydrogen-bond acceptors (Lipinski definition) is 7. The lowest BCUT2D eigenvalue weighted by Crippen LogP contribution is -2.53. The molecule has 3 saturated heterocycles. The number of aromatic amines is 1. The van der Waals surface area contributed by atoms with Crippen LogP contribution in [0.5, 0.6) is 0 Å². The Hall–Kier alpha value is -1.52. The second-order valence-electron chi connectivity index (χ2n) is 6.20. The van der Waals surface area contributed by atoms with Crippen LogP contribution >= 0.6 is 0 Å². The lowest BCUT2D eigenvalue weighted by molar-refractivity contribution is -0.184. The Balaban J connectivity index is 1.59. The van der Waals surface area contributed by atoms with Crippen LogP contribution in [-0.2, 0) is 14.2 Å². The third kappa shape index (κ3) is 2.45. The highest BCUT2D eigenvalue weighted by atomic mass is 16.6. The third-order valence-corrected chi connectivity index (χ3v) is 4.73. The van der Waals surface area contributed by atoms with Crippen LogP contribution in [0.1, 0.15) is 6.23 Å². The second-order valence-corrected chi connectivity index (χ2v) is 6.20. The number of hydrogen-bond donors (Lipinski definition) is 2. The van der Waals surface area contributed by atoms with Gasteiger partial charge in [-0.25, -0.2) is 4.79 Å². The molecule has 3 fully saturated rings. The van der Waals surface area contributed by atoms with E-state index in [1.165, 1.54) is 16.8 Å². The fourth-order valence-corrected chi connectivity index (χ4v) is 3.52. The van der Waals surface area contributed by atoms with E-state index in [1.807, 2.05) is 0 Å². The average Bonchev–Trinajstić information content (AvgIpc) is 2.98. The maximum atomic E-state index is 12.0. The van der Waals surface area contributed by atoms with Crippen molar-refractivity contribution in [3.05, 3.63) is 33.1 Å². The Labute approximate surface area is 131 Å². The van der Waals surface area contributed by atoms with Crippen molar-refractivity contribution >= 4 is 0 Å². The van der Waals surface area contributed by atoms with Crippen LogP contribution < -0.4 is 11.2 Å². The molecule has 4 rings (SSSR count). The van der Waals surface area contributed by atoms with Crippen molar-refractivity contribution in [1.29, 1.82) is 0 Å². The van der Waals surface area contributed by atoms with E-state index in [2.05, 4.69) is 9.88 Å². The standard InChI is InChI=1S/C14H19N3O6/c18-9-1-2-17(13(20)15-9)12-10-11(19)14(23-12,8-22-10)7-16-3-5-21-6-4-16/h1-2,10-12,19H,3-8H2,(H,15,18,20). The topological polar surface area (TPSA) is 106 Å². The van der Waals surface area contributed by atoms with Gasteiger partial charge in [0.15, 0.2) is 6.23 Å². The van der Waals surface area contributed by atoms with Gasteiger partial charge in [0.1, 0.15) is 17.8 Å². The van der Waals surface area contributed by atoms with Gasteiger partial charge in [0.2, 0.25) is 0 Å². The summed E-state index contributed by atoms with van der Waals surface area (Å²) in [5.74, 6) is 0. The molecule has 0 aliphatic carbocycles. The number of nitrogens with zero attached hydrogens (tertiary/aromatic N) is 2. The number of rotatable bonds is 3. The van der Waals surface area contributed by atoms with Crippen molar-refractivity contribution in [2.75, 3.05) is 39.5 Å². The molecule has 1 aromatic heterocycles. The van der Waals surface area contributed by atoms with E-state index in [1.54, 1.807) is 0 Å². The number of fused-ring (bicyclic) bond motifs is 2. The van der Waals surface area contributed by atoms with Gasteiger partial charge in [0.25, 0.3) is 5.56 Å². The second kappa shape index (κ2) is 5.53. The molecule has 0 spiro atoms. The molecule has 4 heterocycles. The van der Waals surface area contributed by atoms with E-state index in [0.717, 1.165) is 13.1 Å². The Kier molecular flexibility index (Phi) is 3.62. The van der Waals surface area contributed by atoms with Crippen LogP contribution in [-0.4, -0.2) is 76.8 Å². The van der Waals surface area contributed by atoms with E-state index < -0.39 is 35.3 Å². The Morgan fingerprint density at radius 2 is 2.13 bits per heavy atom. The van der Waals surface area contributed by atoms with Crippen LogP contribution in [0.2, 0.25) is 0 Å². The first-order chi connectivity index (χ1) is 11.1. The maximum Gasteiger partial charge on any atom is 0.330 e. The molecule has 4 unspecified atom stereocenters. The Morgan fingerprint density at radius 1 is 1.35 bits per heavy atom. The van der Waals surface area contributed by atoms with Gasteiger partial charge < -0.3 is 19.3 Å². The lowest BCUT2D eigenvalue weighted by Gasteiger charge is -2.37. The SMILES string of the molecule is O=c1ccn(C2OC3(CN4CCOCC4)COC2C3O)c(=O)[nH]1. The monoisotopic (exact) mass is 325 g/mol. The predicted molar refractivity (Wildman–Crippen MR) is 77.2 cm³/mol. The molecule has 2 N–H and O–H groups in total. The molecule has 0 amide bonds. The molecule has 1 aromatic rings. The first kappa shape index (κ1) is 15.0. The van der Waals surface area contributed by atoms with Gasteiger partial charge in [0, 0.05) is 31.9 Å². The normalized spacial score (nSPS) is 37.3. The minimum absolute atomic E-state index is 0.283. The van der Waals surface area contributed by atoms with Gasteiger partial charge in [-0.05, 0) is 0 Å². The van der Waals surface area contributed by atoms with Crippen molar-refractivity contribution in [3.63, 3.8) is 0 Å². The molecule has 9 nitrogen and oxygen atoms in total. The first-order valence-electron chi connectivity index (χ1n) is 7.68. The number of morpholine rings is 1. The van der Waals surface area contributed by atoms with E-state index in [4.69, 9.17) is 14.2 Å². The number of aromatic nitrogens is 2. The maximum absolute atomic E-state index is 12.0. The van der Waals surface area contributed by atoms with E-state index in [9.17, 15) is 14.7 Å². The number of H-pyrrole nitrogens is 1. The molecule has 0 saturated carbocycles. The molecule has 3 aliphatic rings. The summed E-state index contributed by atoms with van der Waals surface area (Å²) in [5, 5.41) is 10.6. The van der Waals surface area contributed by atoms with E-state index >= 15 is 0 Å². The number of aliphatic hydroxyl groups excluding tert-OH is 1. The Bertz CT molecular complexity index is 696. The van der Waals surface area contributed by atoms with Crippen molar-refractivity contribution in [1.82, 2.24) is 14.5 Å². The molecular weight excluding hydrogens is 306 g/mol. The summed E-state index contributed by atoms with van der Waals surface area (Å²) < 4.78 is 18.3. The van der Waals surface area contributed by atoms with Crippen molar-refractivity contribution in [2.45, 2.75) is 24.0 Å². The van der Waals surface area contributed by atoms with Crippen molar-refractivity contribution in [3.8, 4) is 0 Å². The summed E-state index contributed by atoms with van der Waals surface area (Å²) in [5.41, 5.74) is -1.91. The zero-order valence-corrected chi connectivity index (χ0v) is 12.5. The largest absolute Gasteiger partial charge is 0.387 e. The van der Waals surface area contributed by atoms with Gasteiger partial charge in [-0.2, -0.15) is 0 Å². The number of ether oxygens (including phenoxy) is 3. The molecule has 3 aliphatic heterocycles. The minimum Gasteiger partial charge on any atom is -0.387 e. The molecule has 2 bridgehead atoms. The van der Waals surface area contributed by atoms with Gasteiger partial charge in [-0.1, -0.05) is 0 Å². The highest BCUT2D eigenvalue weighted by molar-refractivity contribution is 5.09. The summed E-state index contributed by atoms with van der Waals surface area (Å²) in [6.45, 7) is 3.64. The fourth-order valence-electron chi connectivity index (χ4n) is 3.52. The molecule has 126 valence electrons. The molecule has 9 heteroatoms. The fraction of sp³-hybridized carbons (Fsp3) is 0.714. The first-order valence-corrected chi connectivity index (χ1v) is 7.68. The number of aliphatic hydroxyl groups is 1. The Morgan fingerprint density at radius 3 is 2.87 bits per heavy atom. The van der Waals surface area contributed by atoms with E-state index in [0.29, 0.717) is 19.8 Å². The van der Waals surface area contributed by atoms with E-state index in [-0.39, 0.29) is 6.61 Å². The van der Waals surface area contributed by atoms with Crippen LogP contribution in [0.25, 0.3) is 0 Å². The van der Waals surface area contributed by atoms with Gasteiger partial charge in [0.05, 0.1) is 19.8 Å². The minimum atomic E-state index is -0.859. The van der Waals surface area contributed by atoms with Crippen LogP contribution in [0, 0.1) is 0 Å². The summed E-state index contributed by atoms with van der Waals surface area (Å²) >= 11 is 0. The molecule has 0 aromatic carbocycles. The summed E-state index contributed by atoms with van der Waals surface area (Å²) in [6, 6.07) is 1.25. The highest BCUT2D eigenvalue weighted by Gasteiger charge is 2.62. The van der Waals surface area contributed by atoms with Crippen molar-refractivity contribution < 1.29 is 19.3 Å². The highest BCUT2D eigenvalue weighted by Crippen LogP contribution is 2.44. The zero-order chi connectivity index (χ0) is 16.0. The molecule has 0 radical (unpaired) electrons. The number of nitrogens with one attached hydrogen (secondary N) is 1. The zero-order valence-electron chi connectivity index (χ0n) is 12.5. The van der Waals surface area contributed by atoms with Gasteiger partial charge in [-0.3, -0.25) is 19.2 Å². The smallest absolute Gasteiger partial charge is 0.330 e. The molecule has 23 heavy (non-hydrogen) atoms. The molecular formula is C14H19N3O6. The van der Waals surface area contributed by atoms with Crippen LogP contribution in [0.3, 0.4) is 0 Å². The quantitative estimate of drug-likeness (QED) is 0.655. The lowest BCUT2D eigenvalue weighted by atomic mass is 9.98. The third-order valence-electron chi connectivity index (χ3n) is 4.73. The van der Waals surface area contributed by atoms with Gasteiger partial charge in [-0.15, -0.1) is 0 Å². The summed E-state index contributed by atoms with van der Waals surface area (Å²) in [6.07, 6.45) is -0.830. The predicted octanol–water partition coefficient (Wildman–Crippen LogP) is -2.10. The molecule has 4 atom stereocenters. The van der Waals surface area contributed by atoms with Crippen molar-refractivity contribution in [2.24, 2.45) is 0 Å². The van der Waals surface area contributed by atoms with Crippen LogP contribution in [0.15, 0.2) is 21.9 Å². The average molecular weight is 325 g/mol. The van der Waals surface area contributed by atoms with Crippen LogP contribution in [0.4, 0.5) is 0 Å².